The second-order valence-electron chi connectivity index (χ2n) is 5.80. The van der Waals surface area contributed by atoms with E-state index in [2.05, 4.69) is 18.3 Å². The van der Waals surface area contributed by atoms with Gasteiger partial charge in [-0.3, -0.25) is 4.79 Å². The fourth-order valence-corrected chi connectivity index (χ4v) is 2.61. The molecule has 1 aliphatic rings. The molecule has 1 aromatic rings. The number of amides is 1. The lowest BCUT2D eigenvalue weighted by Gasteiger charge is -2.14. The van der Waals surface area contributed by atoms with Crippen LogP contribution < -0.4 is 10.2 Å². The van der Waals surface area contributed by atoms with E-state index in [4.69, 9.17) is 4.74 Å². The Balaban J connectivity index is 1.81. The van der Waals surface area contributed by atoms with Crippen LogP contribution in [-0.2, 0) is 16.0 Å². The summed E-state index contributed by atoms with van der Waals surface area (Å²) in [6.07, 6.45) is 5.51. The van der Waals surface area contributed by atoms with E-state index in [1.807, 2.05) is 29.2 Å². The molecule has 128 valence electrons. The second kappa shape index (κ2) is 9.74. The number of carbonyl (C=O) groups is 1. The van der Waals surface area contributed by atoms with Gasteiger partial charge in [-0.1, -0.05) is 31.5 Å². The predicted molar refractivity (Wildman–Crippen MR) is 94.5 cm³/mol. The number of ether oxygens (including phenoxy) is 1. The number of fused-ring (bicyclic) bond motifs is 1. The molecule has 5 heteroatoms. The Morgan fingerprint density at radius 3 is 2.96 bits per heavy atom. The lowest BCUT2D eigenvalue weighted by atomic mass is 10.2. The van der Waals surface area contributed by atoms with Crippen LogP contribution in [0, 0.1) is 11.3 Å². The second-order valence-corrected chi connectivity index (χ2v) is 5.80. The number of unbranched alkanes of at least 4 members (excludes halogenated alkanes) is 1. The Bertz CT molecular complexity index is 619. The Labute approximate surface area is 143 Å². The smallest absolute Gasteiger partial charge is 0.263 e. The van der Waals surface area contributed by atoms with E-state index in [1.165, 1.54) is 5.56 Å². The van der Waals surface area contributed by atoms with Crippen molar-refractivity contribution < 1.29 is 9.53 Å². The highest BCUT2D eigenvalue weighted by Gasteiger charge is 2.19. The van der Waals surface area contributed by atoms with E-state index in [1.54, 1.807) is 6.20 Å². The van der Waals surface area contributed by atoms with Crippen molar-refractivity contribution in [3.63, 3.8) is 0 Å². The lowest BCUT2D eigenvalue weighted by molar-refractivity contribution is -0.117. The van der Waals surface area contributed by atoms with E-state index < -0.39 is 0 Å². The van der Waals surface area contributed by atoms with E-state index in [-0.39, 0.29) is 11.5 Å². The fourth-order valence-electron chi connectivity index (χ4n) is 2.61. The number of anilines is 1. The van der Waals surface area contributed by atoms with Gasteiger partial charge in [0.25, 0.3) is 5.91 Å². The number of nitrogens with zero attached hydrogens (tertiary/aromatic N) is 2. The number of para-hydroxylation sites is 1. The van der Waals surface area contributed by atoms with Crippen LogP contribution >= 0.6 is 0 Å². The molecule has 0 saturated carbocycles. The normalized spacial score (nSPS) is 13.5. The van der Waals surface area contributed by atoms with Crippen LogP contribution in [0.25, 0.3) is 0 Å². The van der Waals surface area contributed by atoms with Crippen molar-refractivity contribution in [1.29, 1.82) is 5.26 Å². The van der Waals surface area contributed by atoms with Gasteiger partial charge in [-0.2, -0.15) is 5.26 Å². The Kier molecular flexibility index (Phi) is 7.31. The molecule has 0 spiro atoms. The summed E-state index contributed by atoms with van der Waals surface area (Å²) in [6, 6.07) is 10.1. The molecule has 0 fully saturated rings. The third-order valence-electron chi connectivity index (χ3n) is 3.97. The van der Waals surface area contributed by atoms with Gasteiger partial charge in [-0.25, -0.2) is 0 Å². The average Bonchev–Trinajstić information content (AvgIpc) is 3.01. The van der Waals surface area contributed by atoms with Crippen molar-refractivity contribution in [3.05, 3.63) is 41.6 Å². The van der Waals surface area contributed by atoms with Crippen LogP contribution in [0.3, 0.4) is 0 Å². The fraction of sp³-hybridized carbons (Fsp3) is 0.474. The summed E-state index contributed by atoms with van der Waals surface area (Å²) in [7, 11) is 0. The molecule has 0 unspecified atom stereocenters. The third kappa shape index (κ3) is 5.10. The van der Waals surface area contributed by atoms with E-state index in [9.17, 15) is 10.1 Å². The van der Waals surface area contributed by atoms with Gasteiger partial charge in [-0.05, 0) is 30.9 Å². The standard InChI is InChI=1S/C19H25N3O2/c1-2-3-12-24-13-6-10-21-19(23)17(14-20)15-22-11-9-16-7-4-5-8-18(16)22/h4-5,7-8,15H,2-3,6,9-13H2,1H3,(H,21,23)/b17-15-. The molecule has 0 aromatic heterocycles. The number of nitrogens with one attached hydrogen (secondary N) is 1. The van der Waals surface area contributed by atoms with E-state index in [0.717, 1.165) is 44.5 Å². The molecule has 1 amide bonds. The maximum Gasteiger partial charge on any atom is 0.263 e. The molecule has 0 aliphatic carbocycles. The largest absolute Gasteiger partial charge is 0.381 e. The molecule has 2 rings (SSSR count). The monoisotopic (exact) mass is 327 g/mol. The van der Waals surface area contributed by atoms with Gasteiger partial charge in [0, 0.05) is 38.2 Å². The zero-order valence-electron chi connectivity index (χ0n) is 14.3. The van der Waals surface area contributed by atoms with Crippen LogP contribution in [0.15, 0.2) is 36.0 Å². The first-order valence-corrected chi connectivity index (χ1v) is 8.58. The molecule has 0 saturated heterocycles. The van der Waals surface area contributed by atoms with E-state index in [0.29, 0.717) is 13.2 Å². The van der Waals surface area contributed by atoms with Crippen LogP contribution in [0.5, 0.6) is 0 Å². The van der Waals surface area contributed by atoms with Gasteiger partial charge in [0.15, 0.2) is 0 Å². The van der Waals surface area contributed by atoms with Crippen molar-refractivity contribution >= 4 is 11.6 Å². The number of hydrogen-bond donors (Lipinski definition) is 1. The average molecular weight is 327 g/mol. The molecule has 5 nitrogen and oxygen atoms in total. The first-order valence-electron chi connectivity index (χ1n) is 8.58. The van der Waals surface area contributed by atoms with Gasteiger partial charge in [0.1, 0.15) is 11.6 Å². The first kappa shape index (κ1) is 18.0. The summed E-state index contributed by atoms with van der Waals surface area (Å²) in [6.45, 7) is 4.83. The predicted octanol–water partition coefficient (Wildman–Crippen LogP) is 2.78. The molecule has 1 N–H and O–H groups in total. The summed E-state index contributed by atoms with van der Waals surface area (Å²) in [5, 5.41) is 12.1. The highest BCUT2D eigenvalue weighted by Crippen LogP contribution is 2.27. The van der Waals surface area contributed by atoms with Crippen molar-refractivity contribution in [2.75, 3.05) is 31.2 Å². The number of benzene rings is 1. The molecule has 1 heterocycles. The number of hydrogen-bond acceptors (Lipinski definition) is 4. The molecule has 0 bridgehead atoms. The minimum Gasteiger partial charge on any atom is -0.381 e. The van der Waals surface area contributed by atoms with Gasteiger partial charge in [0.2, 0.25) is 0 Å². The highest BCUT2D eigenvalue weighted by molar-refractivity contribution is 5.97. The lowest BCUT2D eigenvalue weighted by Crippen LogP contribution is -2.28. The van der Waals surface area contributed by atoms with Crippen LogP contribution in [0.1, 0.15) is 31.7 Å². The Morgan fingerprint density at radius 2 is 2.17 bits per heavy atom. The van der Waals surface area contributed by atoms with E-state index >= 15 is 0 Å². The third-order valence-corrected chi connectivity index (χ3v) is 3.97. The quantitative estimate of drug-likeness (QED) is 0.430. The highest BCUT2D eigenvalue weighted by atomic mass is 16.5. The van der Waals surface area contributed by atoms with Crippen LogP contribution in [-0.4, -0.2) is 32.2 Å². The van der Waals surface area contributed by atoms with Crippen molar-refractivity contribution in [2.24, 2.45) is 0 Å². The number of rotatable bonds is 9. The topological polar surface area (TPSA) is 65.4 Å². The summed E-state index contributed by atoms with van der Waals surface area (Å²) in [4.78, 5) is 14.1. The zero-order chi connectivity index (χ0) is 17.2. The van der Waals surface area contributed by atoms with Crippen LogP contribution in [0.4, 0.5) is 5.69 Å². The number of nitriles is 1. The van der Waals surface area contributed by atoms with Gasteiger partial charge in [0.05, 0.1) is 0 Å². The van der Waals surface area contributed by atoms with Crippen molar-refractivity contribution in [2.45, 2.75) is 32.6 Å². The minimum absolute atomic E-state index is 0.138. The molecule has 24 heavy (non-hydrogen) atoms. The molecule has 1 aliphatic heterocycles. The minimum atomic E-state index is -0.324. The molecule has 0 atom stereocenters. The summed E-state index contributed by atoms with van der Waals surface area (Å²) in [5.41, 5.74) is 2.46. The van der Waals surface area contributed by atoms with Crippen molar-refractivity contribution in [3.8, 4) is 6.07 Å². The van der Waals surface area contributed by atoms with Crippen LogP contribution in [0.2, 0.25) is 0 Å². The maximum atomic E-state index is 12.1. The molecular formula is C19H25N3O2. The van der Waals surface area contributed by atoms with Gasteiger partial charge >= 0.3 is 0 Å². The molecule has 1 aromatic carbocycles. The first-order chi connectivity index (χ1) is 11.8. The maximum absolute atomic E-state index is 12.1. The Hall–Kier alpha value is -2.32. The SMILES string of the molecule is CCCCOCCCNC(=O)/C(C#N)=C\N1CCc2ccccc21. The number of carbonyl (C=O) groups excluding carboxylic acids is 1. The van der Waals surface area contributed by atoms with Crippen molar-refractivity contribution in [1.82, 2.24) is 5.32 Å². The molecule has 0 radical (unpaired) electrons. The molecular weight excluding hydrogens is 302 g/mol. The summed E-state index contributed by atoms with van der Waals surface area (Å²) < 4.78 is 5.45. The van der Waals surface area contributed by atoms with Gasteiger partial charge in [-0.15, -0.1) is 0 Å². The summed E-state index contributed by atoms with van der Waals surface area (Å²) in [5.74, 6) is -0.324. The summed E-state index contributed by atoms with van der Waals surface area (Å²) >= 11 is 0. The van der Waals surface area contributed by atoms with Gasteiger partial charge < -0.3 is 15.0 Å². The Morgan fingerprint density at radius 1 is 1.38 bits per heavy atom. The zero-order valence-corrected chi connectivity index (χ0v) is 14.3.